The second-order valence-electron chi connectivity index (χ2n) is 4.26. The zero-order valence-corrected chi connectivity index (χ0v) is 13.8. The lowest BCUT2D eigenvalue weighted by molar-refractivity contribution is 0.873. The molecule has 1 atom stereocenters. The molecule has 1 aromatic carbocycles. The molecule has 4 N–H and O–H groups in total. The number of benzene rings is 1. The van der Waals surface area contributed by atoms with Crippen LogP contribution in [0.25, 0.3) is 11.0 Å². The number of aromatic amines is 2. The molecule has 0 aliphatic rings. The van der Waals surface area contributed by atoms with E-state index in [2.05, 4.69) is 25.9 Å². The fourth-order valence-electron chi connectivity index (χ4n) is 2.04. The van der Waals surface area contributed by atoms with Crippen molar-refractivity contribution >= 4 is 61.5 Å². The second-order valence-corrected chi connectivity index (χ2v) is 7.40. The molecule has 0 amide bonds. The topological polar surface area (TPSA) is 74.7 Å². The predicted octanol–water partition coefficient (Wildman–Crippen LogP) is 4.04. The molecule has 3 aromatic rings. The van der Waals surface area contributed by atoms with Crippen LogP contribution in [-0.2, 0) is 0 Å². The summed E-state index contributed by atoms with van der Waals surface area (Å²) < 4.78 is 1.95. The van der Waals surface area contributed by atoms with Crippen LogP contribution < -0.4 is 11.4 Å². The molecule has 20 heavy (non-hydrogen) atoms. The third-order valence-electron chi connectivity index (χ3n) is 2.99. The van der Waals surface area contributed by atoms with E-state index >= 15 is 0 Å². The molecule has 1 unspecified atom stereocenters. The van der Waals surface area contributed by atoms with Crippen LogP contribution in [0.15, 0.2) is 27.5 Å². The molecule has 0 radical (unpaired) electrons. The molecule has 0 fully saturated rings. The number of hydrogen-bond acceptors (Lipinski definition) is 3. The van der Waals surface area contributed by atoms with Crippen molar-refractivity contribution in [2.75, 3.05) is 0 Å². The number of fused-ring (bicyclic) bond motifs is 1. The summed E-state index contributed by atoms with van der Waals surface area (Å²) in [6, 6.07) is 4.97. The first-order valence-corrected chi connectivity index (χ1v) is 7.94. The molecular weight excluding hydrogens is 385 g/mol. The Hall–Kier alpha value is -0.790. The SMILES string of the molecule is NC(c1cc2[nH]c(=O)[nH]c2cc1Br)c1cc(Cl)sc1Cl. The van der Waals surface area contributed by atoms with Crippen molar-refractivity contribution < 1.29 is 0 Å². The summed E-state index contributed by atoms with van der Waals surface area (Å²) in [7, 11) is 0. The number of nitrogens with one attached hydrogen (secondary N) is 2. The molecule has 0 saturated heterocycles. The number of H-pyrrole nitrogens is 2. The van der Waals surface area contributed by atoms with Gasteiger partial charge in [-0.2, -0.15) is 0 Å². The molecular formula is C12H8BrCl2N3OS. The average Bonchev–Trinajstić information content (AvgIpc) is 2.88. The molecule has 0 aliphatic carbocycles. The van der Waals surface area contributed by atoms with Crippen molar-refractivity contribution in [3.05, 3.63) is 53.0 Å². The average molecular weight is 393 g/mol. The summed E-state index contributed by atoms with van der Waals surface area (Å²) in [5.41, 5.74) is 9.00. The summed E-state index contributed by atoms with van der Waals surface area (Å²) in [6.45, 7) is 0. The number of rotatable bonds is 2. The molecule has 0 saturated carbocycles. The maximum absolute atomic E-state index is 11.3. The standard InChI is InChI=1S/C12H8BrCl2N3OS/c13-6-3-8-7(17-12(19)18-8)1-4(6)10(16)5-2-9(14)20-11(5)15/h1-3,10H,16H2,(H2,17,18,19). The van der Waals surface area contributed by atoms with Gasteiger partial charge in [0.2, 0.25) is 0 Å². The predicted molar refractivity (Wildman–Crippen MR) is 87.0 cm³/mol. The largest absolute Gasteiger partial charge is 0.323 e. The van der Waals surface area contributed by atoms with Crippen LogP contribution >= 0.6 is 50.5 Å². The minimum atomic E-state index is -0.427. The number of halogens is 3. The van der Waals surface area contributed by atoms with E-state index in [9.17, 15) is 4.79 Å². The van der Waals surface area contributed by atoms with E-state index < -0.39 is 6.04 Å². The molecule has 8 heteroatoms. The van der Waals surface area contributed by atoms with Crippen molar-refractivity contribution in [3.8, 4) is 0 Å². The van der Waals surface area contributed by atoms with Crippen LogP contribution in [0.4, 0.5) is 0 Å². The van der Waals surface area contributed by atoms with Crippen molar-refractivity contribution in [1.82, 2.24) is 9.97 Å². The van der Waals surface area contributed by atoms with Gasteiger partial charge in [0.1, 0.15) is 0 Å². The van der Waals surface area contributed by atoms with Gasteiger partial charge in [-0.1, -0.05) is 39.1 Å². The zero-order chi connectivity index (χ0) is 14.4. The highest BCUT2D eigenvalue weighted by Gasteiger charge is 2.19. The Kier molecular flexibility index (Phi) is 3.68. The third-order valence-corrected chi connectivity index (χ3v) is 5.19. The highest BCUT2D eigenvalue weighted by Crippen LogP contribution is 2.38. The third kappa shape index (κ3) is 2.42. The van der Waals surface area contributed by atoms with Crippen molar-refractivity contribution in [2.24, 2.45) is 5.73 Å². The van der Waals surface area contributed by atoms with Crippen LogP contribution in [0.2, 0.25) is 8.67 Å². The first-order valence-electron chi connectivity index (χ1n) is 5.57. The van der Waals surface area contributed by atoms with Crippen molar-refractivity contribution in [3.63, 3.8) is 0 Å². The van der Waals surface area contributed by atoms with Gasteiger partial charge >= 0.3 is 5.69 Å². The van der Waals surface area contributed by atoms with E-state index in [-0.39, 0.29) is 5.69 Å². The van der Waals surface area contributed by atoms with Crippen LogP contribution in [0.5, 0.6) is 0 Å². The Morgan fingerprint density at radius 2 is 1.80 bits per heavy atom. The highest BCUT2D eigenvalue weighted by atomic mass is 79.9. The fourth-order valence-corrected chi connectivity index (χ4v) is 4.18. The molecule has 104 valence electrons. The lowest BCUT2D eigenvalue weighted by Crippen LogP contribution is -2.12. The molecule has 0 bridgehead atoms. The van der Waals surface area contributed by atoms with Crippen molar-refractivity contribution in [2.45, 2.75) is 6.04 Å². The highest BCUT2D eigenvalue weighted by molar-refractivity contribution is 9.10. The molecule has 3 rings (SSSR count). The van der Waals surface area contributed by atoms with E-state index in [4.69, 9.17) is 28.9 Å². The van der Waals surface area contributed by atoms with Gasteiger partial charge in [0, 0.05) is 10.0 Å². The second kappa shape index (κ2) is 5.20. The van der Waals surface area contributed by atoms with Gasteiger partial charge < -0.3 is 15.7 Å². The quantitative estimate of drug-likeness (QED) is 0.615. The Morgan fingerprint density at radius 1 is 1.15 bits per heavy atom. The van der Waals surface area contributed by atoms with Crippen LogP contribution in [0.3, 0.4) is 0 Å². The summed E-state index contributed by atoms with van der Waals surface area (Å²) in [4.78, 5) is 16.7. The summed E-state index contributed by atoms with van der Waals surface area (Å²) in [5.74, 6) is 0. The maximum Gasteiger partial charge on any atom is 0.323 e. The van der Waals surface area contributed by atoms with E-state index in [0.717, 1.165) is 15.6 Å². The Balaban J connectivity index is 2.15. The molecule has 2 heterocycles. The summed E-state index contributed by atoms with van der Waals surface area (Å²) >= 11 is 16.8. The number of thiophene rings is 1. The minimum Gasteiger partial charge on any atom is -0.320 e. The number of imidazole rings is 1. The van der Waals surface area contributed by atoms with Crippen LogP contribution in [0, 0.1) is 0 Å². The number of nitrogens with two attached hydrogens (primary N) is 1. The van der Waals surface area contributed by atoms with E-state index in [0.29, 0.717) is 19.7 Å². The number of hydrogen-bond donors (Lipinski definition) is 3. The first-order chi connectivity index (χ1) is 9.45. The normalized spacial score (nSPS) is 13.0. The van der Waals surface area contributed by atoms with Gasteiger partial charge in [0.25, 0.3) is 0 Å². The van der Waals surface area contributed by atoms with Gasteiger partial charge in [-0.05, 0) is 23.8 Å². The smallest absolute Gasteiger partial charge is 0.320 e. The molecule has 0 spiro atoms. The molecule has 2 aromatic heterocycles. The maximum atomic E-state index is 11.3. The Bertz CT molecular complexity index is 854. The molecule has 4 nitrogen and oxygen atoms in total. The minimum absolute atomic E-state index is 0.255. The zero-order valence-electron chi connectivity index (χ0n) is 9.84. The first kappa shape index (κ1) is 14.2. The van der Waals surface area contributed by atoms with Gasteiger partial charge in [0.15, 0.2) is 0 Å². The fraction of sp³-hybridized carbons (Fsp3) is 0.0833. The van der Waals surface area contributed by atoms with Gasteiger partial charge in [-0.3, -0.25) is 0 Å². The molecule has 0 aliphatic heterocycles. The number of aromatic nitrogens is 2. The van der Waals surface area contributed by atoms with E-state index in [1.165, 1.54) is 11.3 Å². The Labute approximate surface area is 136 Å². The van der Waals surface area contributed by atoms with Gasteiger partial charge in [-0.25, -0.2) is 4.79 Å². The van der Waals surface area contributed by atoms with E-state index in [1.807, 2.05) is 12.1 Å². The van der Waals surface area contributed by atoms with Crippen LogP contribution in [0.1, 0.15) is 17.2 Å². The van der Waals surface area contributed by atoms with Crippen molar-refractivity contribution in [1.29, 1.82) is 0 Å². The lowest BCUT2D eigenvalue weighted by Gasteiger charge is -2.13. The van der Waals surface area contributed by atoms with Gasteiger partial charge in [-0.15, -0.1) is 11.3 Å². The van der Waals surface area contributed by atoms with Crippen LogP contribution in [-0.4, -0.2) is 9.97 Å². The summed E-state index contributed by atoms with van der Waals surface area (Å²) in [6.07, 6.45) is 0. The van der Waals surface area contributed by atoms with E-state index in [1.54, 1.807) is 6.07 Å². The Morgan fingerprint density at radius 3 is 2.40 bits per heavy atom. The van der Waals surface area contributed by atoms with Gasteiger partial charge in [0.05, 0.1) is 25.7 Å². The lowest BCUT2D eigenvalue weighted by atomic mass is 10.0. The summed E-state index contributed by atoms with van der Waals surface area (Å²) in [5, 5.41) is 0. The monoisotopic (exact) mass is 391 g/mol.